The van der Waals surface area contributed by atoms with Crippen LogP contribution in [0, 0.1) is 0 Å². The summed E-state index contributed by atoms with van der Waals surface area (Å²) in [5.41, 5.74) is -2.05. The number of rotatable bonds is 4. The highest BCUT2D eigenvalue weighted by Crippen LogP contribution is 2.67. The van der Waals surface area contributed by atoms with Crippen molar-refractivity contribution in [2.24, 2.45) is 0 Å². The van der Waals surface area contributed by atoms with Gasteiger partial charge in [0.2, 0.25) is 11.3 Å². The number of ketones is 1. The summed E-state index contributed by atoms with van der Waals surface area (Å²) in [7, 11) is 0. The van der Waals surface area contributed by atoms with Crippen LogP contribution in [0.5, 0.6) is 0 Å². The van der Waals surface area contributed by atoms with E-state index < -0.39 is 28.8 Å². The van der Waals surface area contributed by atoms with Crippen molar-refractivity contribution in [3.8, 4) is 0 Å². The lowest BCUT2D eigenvalue weighted by Gasteiger charge is -2.45. The minimum atomic E-state index is -2.77. The summed E-state index contributed by atoms with van der Waals surface area (Å²) in [6.45, 7) is 1.95. The first-order chi connectivity index (χ1) is 14.7. The summed E-state index contributed by atoms with van der Waals surface area (Å²) in [4.78, 5) is 27.4. The zero-order valence-electron chi connectivity index (χ0n) is 16.6. The van der Waals surface area contributed by atoms with Crippen molar-refractivity contribution in [3.05, 3.63) is 75.8 Å². The quantitative estimate of drug-likeness (QED) is 0.495. The van der Waals surface area contributed by atoms with Gasteiger partial charge in [-0.25, -0.2) is 0 Å². The van der Waals surface area contributed by atoms with Crippen molar-refractivity contribution in [2.45, 2.75) is 36.9 Å². The van der Waals surface area contributed by atoms with E-state index >= 15 is 0 Å². The van der Waals surface area contributed by atoms with Crippen LogP contribution >= 0.6 is 11.6 Å². The zero-order chi connectivity index (χ0) is 22.2. The minimum absolute atomic E-state index is 0.0193. The smallest absolute Gasteiger partial charge is 0.296 e. The van der Waals surface area contributed by atoms with E-state index in [9.17, 15) is 24.9 Å². The van der Waals surface area contributed by atoms with E-state index in [1.54, 1.807) is 36.4 Å². The van der Waals surface area contributed by atoms with E-state index in [1.807, 2.05) is 6.92 Å². The van der Waals surface area contributed by atoms with Gasteiger partial charge in [0.1, 0.15) is 5.76 Å². The monoisotopic (exact) mass is 441 g/mol. The van der Waals surface area contributed by atoms with Gasteiger partial charge >= 0.3 is 0 Å². The number of nitrogens with zero attached hydrogens (tertiary/aromatic N) is 1. The van der Waals surface area contributed by atoms with E-state index in [1.165, 1.54) is 12.1 Å². The molecule has 0 aromatic heterocycles. The van der Waals surface area contributed by atoms with Crippen LogP contribution in [0.1, 0.15) is 36.5 Å². The average molecular weight is 442 g/mol. The summed E-state index contributed by atoms with van der Waals surface area (Å²) < 4.78 is 6.00. The fourth-order valence-electron chi connectivity index (χ4n) is 5.09. The van der Waals surface area contributed by atoms with Gasteiger partial charge in [0.15, 0.2) is 0 Å². The van der Waals surface area contributed by atoms with Gasteiger partial charge in [-0.1, -0.05) is 49.2 Å². The second kappa shape index (κ2) is 6.40. The molecule has 2 aliphatic heterocycles. The Bertz CT molecular complexity index is 1160. The lowest BCUT2D eigenvalue weighted by atomic mass is 9.78. The van der Waals surface area contributed by atoms with Gasteiger partial charge in [-0.3, -0.25) is 9.59 Å². The Hall–Kier alpha value is -2.71. The molecule has 2 aromatic carbocycles. The fraction of sp³-hybridized carbons (Fsp3) is 0.304. The second-order valence-corrected chi connectivity index (χ2v) is 8.46. The van der Waals surface area contributed by atoms with Crippen LogP contribution in [0.25, 0.3) is 5.76 Å². The molecule has 3 aliphatic rings. The number of fused-ring (bicyclic) bond motifs is 2. The standard InChI is InChI=1S/C23H20ClNO6/c1-2-3-12-25-20(27)18(26)17-19(13-8-10-14(24)11-9-13)31-23(30)16-7-5-4-6-15(16)22(28,29)21(17,23)25/h4-11,28-30H,2-3,12H2,1H3. The Labute approximate surface area is 183 Å². The van der Waals surface area contributed by atoms with E-state index in [-0.39, 0.29) is 29.0 Å². The number of hydrogen-bond donors (Lipinski definition) is 3. The number of aliphatic hydroxyl groups is 3. The molecular weight excluding hydrogens is 422 g/mol. The number of carbonyl (C=O) groups excluding carboxylic acids is 2. The molecular formula is C23H20ClNO6. The first-order valence-electron chi connectivity index (χ1n) is 10.0. The van der Waals surface area contributed by atoms with Crippen LogP contribution in [0.4, 0.5) is 0 Å². The van der Waals surface area contributed by atoms with Crippen LogP contribution in [0.3, 0.4) is 0 Å². The number of carbonyl (C=O) groups is 2. The maximum absolute atomic E-state index is 13.2. The lowest BCUT2D eigenvalue weighted by molar-refractivity contribution is -0.312. The topological polar surface area (TPSA) is 107 Å². The summed E-state index contributed by atoms with van der Waals surface area (Å²) >= 11 is 5.98. The molecule has 1 amide bonds. The number of hydrogen-bond acceptors (Lipinski definition) is 6. The minimum Gasteiger partial charge on any atom is -0.454 e. The van der Waals surface area contributed by atoms with Crippen molar-refractivity contribution < 1.29 is 29.6 Å². The third-order valence-electron chi connectivity index (χ3n) is 6.41. The van der Waals surface area contributed by atoms with Gasteiger partial charge in [-0.2, -0.15) is 0 Å². The summed E-state index contributed by atoms with van der Waals surface area (Å²) in [6, 6.07) is 12.5. The van der Waals surface area contributed by atoms with Crippen molar-refractivity contribution in [1.82, 2.24) is 4.90 Å². The van der Waals surface area contributed by atoms with E-state index in [0.29, 0.717) is 23.4 Å². The van der Waals surface area contributed by atoms with Gasteiger partial charge in [0.05, 0.1) is 5.57 Å². The molecule has 8 heteroatoms. The second-order valence-electron chi connectivity index (χ2n) is 8.02. The molecule has 0 radical (unpaired) electrons. The van der Waals surface area contributed by atoms with Crippen LogP contribution in [-0.2, 0) is 25.9 Å². The van der Waals surface area contributed by atoms with Crippen molar-refractivity contribution in [2.75, 3.05) is 6.54 Å². The van der Waals surface area contributed by atoms with Gasteiger partial charge in [-0.05, 0) is 30.7 Å². The molecule has 2 atom stereocenters. The molecule has 2 unspecified atom stereocenters. The average Bonchev–Trinajstić information content (AvgIpc) is 3.22. The van der Waals surface area contributed by atoms with Gasteiger partial charge in [0.25, 0.3) is 17.5 Å². The molecule has 5 rings (SSSR count). The Balaban J connectivity index is 1.86. The van der Waals surface area contributed by atoms with Crippen molar-refractivity contribution in [1.29, 1.82) is 0 Å². The molecule has 31 heavy (non-hydrogen) atoms. The molecule has 1 aliphatic carbocycles. The Morgan fingerprint density at radius 1 is 1.00 bits per heavy atom. The predicted molar refractivity (Wildman–Crippen MR) is 110 cm³/mol. The molecule has 0 bridgehead atoms. The van der Waals surface area contributed by atoms with Crippen LogP contribution in [0.15, 0.2) is 54.1 Å². The summed E-state index contributed by atoms with van der Waals surface area (Å²) in [5.74, 6) is -7.04. The van der Waals surface area contributed by atoms with E-state index in [0.717, 1.165) is 4.90 Å². The van der Waals surface area contributed by atoms with Crippen molar-refractivity contribution >= 4 is 29.1 Å². The highest BCUT2D eigenvalue weighted by Gasteiger charge is 2.84. The molecule has 160 valence electrons. The molecule has 7 nitrogen and oxygen atoms in total. The summed E-state index contributed by atoms with van der Waals surface area (Å²) in [6.07, 6.45) is 1.18. The third-order valence-corrected chi connectivity index (χ3v) is 6.67. The number of ether oxygens (including phenoxy) is 1. The Morgan fingerprint density at radius 3 is 2.29 bits per heavy atom. The molecule has 2 heterocycles. The number of amides is 1. The number of benzene rings is 2. The lowest BCUT2D eigenvalue weighted by Crippen LogP contribution is -2.66. The largest absolute Gasteiger partial charge is 0.454 e. The predicted octanol–water partition coefficient (Wildman–Crippen LogP) is 2.03. The van der Waals surface area contributed by atoms with Crippen LogP contribution in [0.2, 0.25) is 5.02 Å². The fourth-order valence-corrected chi connectivity index (χ4v) is 5.22. The highest BCUT2D eigenvalue weighted by atomic mass is 35.5. The first kappa shape index (κ1) is 20.2. The SMILES string of the molecule is CCCCN1C(=O)C(=O)C2=C(c3ccc(Cl)cc3)OC3(O)c4ccccc4C(O)(O)C213. The van der Waals surface area contributed by atoms with E-state index in [2.05, 4.69) is 0 Å². The molecule has 1 spiro atoms. The van der Waals surface area contributed by atoms with E-state index in [4.69, 9.17) is 16.3 Å². The number of likely N-dealkylation sites (tertiary alicyclic amines) is 1. The molecule has 2 aromatic rings. The Morgan fingerprint density at radius 2 is 1.65 bits per heavy atom. The summed E-state index contributed by atoms with van der Waals surface area (Å²) in [5, 5.41) is 35.3. The molecule has 1 fully saturated rings. The van der Waals surface area contributed by atoms with Gasteiger partial charge in [0, 0.05) is 28.3 Å². The molecule has 0 saturated carbocycles. The molecule has 3 N–H and O–H groups in total. The zero-order valence-corrected chi connectivity index (χ0v) is 17.4. The number of halogens is 1. The number of Topliss-reactive ketones (excluding diaryl/α,β-unsaturated/α-hetero) is 1. The Kier molecular flexibility index (Phi) is 4.17. The van der Waals surface area contributed by atoms with Crippen LogP contribution in [-0.4, -0.2) is 44.0 Å². The maximum Gasteiger partial charge on any atom is 0.296 e. The highest BCUT2D eigenvalue weighted by molar-refractivity contribution is 6.48. The third kappa shape index (κ3) is 2.19. The normalized spacial score (nSPS) is 28.0. The van der Waals surface area contributed by atoms with Gasteiger partial charge < -0.3 is 25.0 Å². The first-order valence-corrected chi connectivity index (χ1v) is 10.4. The number of unbranched alkanes of at least 4 members (excludes halogenated alkanes) is 1. The van der Waals surface area contributed by atoms with Crippen LogP contribution < -0.4 is 0 Å². The maximum atomic E-state index is 13.2. The van der Waals surface area contributed by atoms with Crippen molar-refractivity contribution in [3.63, 3.8) is 0 Å². The van der Waals surface area contributed by atoms with Gasteiger partial charge in [-0.15, -0.1) is 0 Å². The molecule has 1 saturated heterocycles.